The van der Waals surface area contributed by atoms with Crippen molar-refractivity contribution in [3.05, 3.63) is 24.0 Å². The zero-order valence-electron chi connectivity index (χ0n) is 8.47. The Balaban J connectivity index is 2.41. The van der Waals surface area contributed by atoms with E-state index in [9.17, 15) is 9.59 Å². The standard InChI is InChI=1S/C9H12N4O3/c10-7-1-2-12-5-6(7)8(14)13-3-4-16-9(11)15/h1-2,5H,3-4H2,(H2,10,12)(H2,11,15)(H,13,14). The summed E-state index contributed by atoms with van der Waals surface area (Å²) in [6, 6.07) is 1.52. The summed E-state index contributed by atoms with van der Waals surface area (Å²) in [5, 5.41) is 2.50. The van der Waals surface area contributed by atoms with Crippen LogP contribution in [0.25, 0.3) is 0 Å². The molecule has 0 radical (unpaired) electrons. The second-order valence-electron chi connectivity index (χ2n) is 2.89. The summed E-state index contributed by atoms with van der Waals surface area (Å²) >= 11 is 0. The summed E-state index contributed by atoms with van der Waals surface area (Å²) in [7, 11) is 0. The number of hydrogen-bond acceptors (Lipinski definition) is 5. The molecule has 2 amide bonds. The number of nitrogen functional groups attached to an aromatic ring is 1. The molecule has 0 aliphatic rings. The first-order valence-corrected chi connectivity index (χ1v) is 4.51. The quantitative estimate of drug-likeness (QED) is 0.595. The molecule has 0 saturated carbocycles. The Hall–Kier alpha value is -2.31. The van der Waals surface area contributed by atoms with Crippen molar-refractivity contribution >= 4 is 17.7 Å². The minimum absolute atomic E-state index is 0.0151. The van der Waals surface area contributed by atoms with Crippen LogP contribution < -0.4 is 16.8 Å². The zero-order chi connectivity index (χ0) is 12.0. The Kier molecular flexibility index (Phi) is 4.07. The van der Waals surface area contributed by atoms with Crippen molar-refractivity contribution in [3.63, 3.8) is 0 Å². The highest BCUT2D eigenvalue weighted by Gasteiger charge is 2.08. The van der Waals surface area contributed by atoms with Gasteiger partial charge in [-0.15, -0.1) is 0 Å². The molecule has 7 heteroatoms. The lowest BCUT2D eigenvalue weighted by molar-refractivity contribution is 0.0937. The Morgan fingerprint density at radius 1 is 1.50 bits per heavy atom. The molecule has 1 heterocycles. The maximum absolute atomic E-state index is 11.5. The number of rotatable bonds is 4. The van der Waals surface area contributed by atoms with Gasteiger partial charge in [-0.05, 0) is 6.07 Å². The van der Waals surface area contributed by atoms with E-state index in [1.165, 1.54) is 18.5 Å². The van der Waals surface area contributed by atoms with E-state index < -0.39 is 6.09 Å². The van der Waals surface area contributed by atoms with E-state index in [1.54, 1.807) is 0 Å². The highest BCUT2D eigenvalue weighted by Crippen LogP contribution is 2.07. The Bertz CT molecular complexity index is 394. The molecule has 0 spiro atoms. The predicted octanol–water partition coefficient (Wildman–Crippen LogP) is -0.511. The van der Waals surface area contributed by atoms with Crippen molar-refractivity contribution in [2.24, 2.45) is 5.73 Å². The smallest absolute Gasteiger partial charge is 0.404 e. The Morgan fingerprint density at radius 2 is 2.25 bits per heavy atom. The molecule has 0 fully saturated rings. The third-order valence-electron chi connectivity index (χ3n) is 1.73. The van der Waals surface area contributed by atoms with Gasteiger partial charge in [0.2, 0.25) is 0 Å². The summed E-state index contributed by atoms with van der Waals surface area (Å²) in [6.07, 6.45) is 1.97. The van der Waals surface area contributed by atoms with Gasteiger partial charge in [-0.3, -0.25) is 9.78 Å². The van der Waals surface area contributed by atoms with Crippen molar-refractivity contribution < 1.29 is 14.3 Å². The van der Waals surface area contributed by atoms with Crippen LogP contribution in [0.15, 0.2) is 18.5 Å². The molecule has 1 aromatic heterocycles. The molecule has 86 valence electrons. The van der Waals surface area contributed by atoms with Crippen LogP contribution >= 0.6 is 0 Å². The SMILES string of the molecule is NC(=O)OCCNC(=O)c1cnccc1N. The maximum Gasteiger partial charge on any atom is 0.404 e. The number of carbonyl (C=O) groups excluding carboxylic acids is 2. The van der Waals surface area contributed by atoms with Crippen molar-refractivity contribution in [2.45, 2.75) is 0 Å². The normalized spacial score (nSPS) is 9.50. The van der Waals surface area contributed by atoms with Gasteiger partial charge >= 0.3 is 6.09 Å². The second kappa shape index (κ2) is 5.54. The average Bonchev–Trinajstić information content (AvgIpc) is 2.24. The monoisotopic (exact) mass is 224 g/mol. The van der Waals surface area contributed by atoms with E-state index in [0.29, 0.717) is 5.69 Å². The fourth-order valence-corrected chi connectivity index (χ4v) is 1.01. The summed E-state index contributed by atoms with van der Waals surface area (Å²) in [5.41, 5.74) is 10.9. The van der Waals surface area contributed by atoms with Crippen LogP contribution in [0.5, 0.6) is 0 Å². The lowest BCUT2D eigenvalue weighted by Gasteiger charge is -2.06. The Labute approximate surface area is 91.8 Å². The molecule has 0 saturated heterocycles. The van der Waals surface area contributed by atoms with E-state index in [2.05, 4.69) is 15.0 Å². The molecule has 0 atom stereocenters. The van der Waals surface area contributed by atoms with Gasteiger partial charge in [-0.25, -0.2) is 4.79 Å². The highest BCUT2D eigenvalue weighted by atomic mass is 16.5. The van der Waals surface area contributed by atoms with Crippen LogP contribution in [0.4, 0.5) is 10.5 Å². The van der Waals surface area contributed by atoms with Crippen molar-refractivity contribution in [1.82, 2.24) is 10.3 Å². The van der Waals surface area contributed by atoms with Gasteiger partial charge in [0.1, 0.15) is 6.61 Å². The first-order chi connectivity index (χ1) is 7.61. The molecule has 7 nitrogen and oxygen atoms in total. The summed E-state index contributed by atoms with van der Waals surface area (Å²) in [4.78, 5) is 25.5. The number of nitrogens with one attached hydrogen (secondary N) is 1. The number of nitrogens with zero attached hydrogens (tertiary/aromatic N) is 1. The van der Waals surface area contributed by atoms with Crippen LogP contribution in [0, 0.1) is 0 Å². The van der Waals surface area contributed by atoms with E-state index >= 15 is 0 Å². The van der Waals surface area contributed by atoms with E-state index in [-0.39, 0.29) is 24.6 Å². The van der Waals surface area contributed by atoms with Crippen molar-refractivity contribution in [2.75, 3.05) is 18.9 Å². The number of primary amides is 1. The summed E-state index contributed by atoms with van der Waals surface area (Å²) in [6.45, 7) is 0.178. The largest absolute Gasteiger partial charge is 0.448 e. The third kappa shape index (κ3) is 3.45. The van der Waals surface area contributed by atoms with Crippen molar-refractivity contribution in [3.8, 4) is 0 Å². The molecule has 1 rings (SSSR count). The number of ether oxygens (including phenoxy) is 1. The molecule has 0 unspecified atom stereocenters. The van der Waals surface area contributed by atoms with E-state index in [1.807, 2.05) is 0 Å². The fraction of sp³-hybridized carbons (Fsp3) is 0.222. The molecule has 0 aliphatic heterocycles. The number of aromatic nitrogens is 1. The van der Waals surface area contributed by atoms with Gasteiger partial charge in [0.15, 0.2) is 0 Å². The first kappa shape index (κ1) is 11.8. The highest BCUT2D eigenvalue weighted by molar-refractivity contribution is 5.98. The topological polar surface area (TPSA) is 120 Å². The second-order valence-corrected chi connectivity index (χ2v) is 2.89. The molecular formula is C9H12N4O3. The van der Waals surface area contributed by atoms with Gasteiger partial charge in [0.25, 0.3) is 5.91 Å². The van der Waals surface area contributed by atoms with E-state index in [0.717, 1.165) is 0 Å². The van der Waals surface area contributed by atoms with Gasteiger partial charge in [-0.1, -0.05) is 0 Å². The third-order valence-corrected chi connectivity index (χ3v) is 1.73. The number of amides is 2. The molecule has 0 aliphatic carbocycles. The number of carbonyl (C=O) groups is 2. The average molecular weight is 224 g/mol. The van der Waals surface area contributed by atoms with Gasteiger partial charge < -0.3 is 21.5 Å². The summed E-state index contributed by atoms with van der Waals surface area (Å²) in [5.74, 6) is -0.376. The number of pyridine rings is 1. The van der Waals surface area contributed by atoms with Crippen LogP contribution in [-0.2, 0) is 4.74 Å². The van der Waals surface area contributed by atoms with Gasteiger partial charge in [0, 0.05) is 18.1 Å². The molecule has 0 bridgehead atoms. The van der Waals surface area contributed by atoms with E-state index in [4.69, 9.17) is 11.5 Å². The van der Waals surface area contributed by atoms with Crippen LogP contribution in [0.2, 0.25) is 0 Å². The minimum atomic E-state index is -0.879. The van der Waals surface area contributed by atoms with Crippen molar-refractivity contribution in [1.29, 1.82) is 0 Å². The molecule has 5 N–H and O–H groups in total. The lowest BCUT2D eigenvalue weighted by Crippen LogP contribution is -2.29. The van der Waals surface area contributed by atoms with Gasteiger partial charge in [0.05, 0.1) is 12.1 Å². The fourth-order valence-electron chi connectivity index (χ4n) is 1.01. The minimum Gasteiger partial charge on any atom is -0.448 e. The van der Waals surface area contributed by atoms with Gasteiger partial charge in [-0.2, -0.15) is 0 Å². The number of nitrogens with two attached hydrogens (primary N) is 2. The van der Waals surface area contributed by atoms with Crippen LogP contribution in [-0.4, -0.2) is 30.1 Å². The van der Waals surface area contributed by atoms with Crippen LogP contribution in [0.3, 0.4) is 0 Å². The maximum atomic E-state index is 11.5. The lowest BCUT2D eigenvalue weighted by atomic mass is 10.2. The molecular weight excluding hydrogens is 212 g/mol. The Morgan fingerprint density at radius 3 is 2.88 bits per heavy atom. The predicted molar refractivity (Wildman–Crippen MR) is 56.5 cm³/mol. The number of hydrogen-bond donors (Lipinski definition) is 3. The number of anilines is 1. The molecule has 16 heavy (non-hydrogen) atoms. The van der Waals surface area contributed by atoms with Crippen LogP contribution in [0.1, 0.15) is 10.4 Å². The first-order valence-electron chi connectivity index (χ1n) is 4.51. The zero-order valence-corrected chi connectivity index (χ0v) is 8.47. The molecule has 0 aromatic carbocycles. The molecule has 1 aromatic rings. The summed E-state index contributed by atoms with van der Waals surface area (Å²) < 4.78 is 4.44.